The van der Waals surface area contributed by atoms with Crippen LogP contribution in [0.1, 0.15) is 63.6 Å². The number of aromatic nitrogens is 3. The van der Waals surface area contributed by atoms with E-state index in [-0.39, 0.29) is 16.4 Å². The molecule has 1 aliphatic rings. The lowest BCUT2D eigenvalue weighted by atomic mass is 9.82. The van der Waals surface area contributed by atoms with Crippen molar-refractivity contribution in [3.63, 3.8) is 0 Å². The highest BCUT2D eigenvalue weighted by atomic mass is 32.2. The lowest BCUT2D eigenvalue weighted by Crippen LogP contribution is -2.37. The van der Waals surface area contributed by atoms with Crippen molar-refractivity contribution < 1.29 is 12.8 Å². The molecule has 4 rings (SSSR count). The molecule has 0 aliphatic heterocycles. The van der Waals surface area contributed by atoms with Gasteiger partial charge in [0.05, 0.1) is 12.0 Å². The molecule has 3 aromatic rings. The van der Waals surface area contributed by atoms with E-state index in [1.54, 1.807) is 12.5 Å². The normalized spacial score (nSPS) is 20.9. The molecule has 8 heteroatoms. The maximum atomic E-state index is 13.0. The zero-order valence-corrected chi connectivity index (χ0v) is 17.9. The summed E-state index contributed by atoms with van der Waals surface area (Å²) >= 11 is 0. The number of rotatable bonds is 5. The summed E-state index contributed by atoms with van der Waals surface area (Å²) in [4.78, 5) is 4.72. The zero-order chi connectivity index (χ0) is 20.6. The molecular weight excluding hydrogens is 388 g/mol. The van der Waals surface area contributed by atoms with Crippen LogP contribution in [0.4, 0.5) is 0 Å². The predicted molar refractivity (Wildman–Crippen MR) is 111 cm³/mol. The summed E-state index contributed by atoms with van der Waals surface area (Å²) in [5, 5.41) is 6.89. The standard InChI is InChI=1S/C21H28N4O3S/c1-21(2,3)11-17-19(12-23-24-17)29(26,27)25-15-8-6-14(7-9-15)16-13-28-18-5-4-10-22-20(16)18/h4-5,10,12-15,25H,6-9,11H2,1-3H3,(H,23,24). The van der Waals surface area contributed by atoms with Crippen molar-refractivity contribution in [2.75, 3.05) is 0 Å². The number of fused-ring (bicyclic) bond motifs is 1. The highest BCUT2D eigenvalue weighted by molar-refractivity contribution is 7.89. The summed E-state index contributed by atoms with van der Waals surface area (Å²) in [5.41, 5.74) is 3.40. The van der Waals surface area contributed by atoms with Crippen molar-refractivity contribution in [1.82, 2.24) is 19.9 Å². The Kier molecular flexibility index (Phi) is 5.25. The fourth-order valence-corrected chi connectivity index (χ4v) is 5.59. The number of H-pyrrole nitrogens is 1. The van der Waals surface area contributed by atoms with Crippen molar-refractivity contribution >= 4 is 21.1 Å². The Morgan fingerprint density at radius 1 is 1.24 bits per heavy atom. The second-order valence-corrected chi connectivity index (χ2v) is 10.8. The van der Waals surface area contributed by atoms with Gasteiger partial charge in [0.25, 0.3) is 0 Å². The Morgan fingerprint density at radius 3 is 2.72 bits per heavy atom. The maximum absolute atomic E-state index is 13.0. The second-order valence-electron chi connectivity index (χ2n) is 9.14. The van der Waals surface area contributed by atoms with E-state index in [1.165, 1.54) is 6.20 Å². The summed E-state index contributed by atoms with van der Waals surface area (Å²) in [6.07, 6.45) is 9.04. The SMILES string of the molecule is CC(C)(C)Cc1n[nH]cc1S(=O)(=O)NC1CCC(c2coc3cccnc23)CC1. The maximum Gasteiger partial charge on any atom is 0.244 e. The number of nitrogens with one attached hydrogen (secondary N) is 2. The average Bonchev–Trinajstić information content (AvgIpc) is 3.28. The Hall–Kier alpha value is -2.19. The molecule has 0 amide bonds. The van der Waals surface area contributed by atoms with Gasteiger partial charge in [-0.25, -0.2) is 13.1 Å². The van der Waals surface area contributed by atoms with Gasteiger partial charge in [-0.2, -0.15) is 5.10 Å². The molecule has 1 aliphatic carbocycles. The van der Waals surface area contributed by atoms with Crippen LogP contribution in [0.5, 0.6) is 0 Å². The lowest BCUT2D eigenvalue weighted by Gasteiger charge is -2.28. The van der Waals surface area contributed by atoms with E-state index in [2.05, 4.69) is 40.7 Å². The molecule has 3 heterocycles. The third kappa shape index (κ3) is 4.38. The fraction of sp³-hybridized carbons (Fsp3) is 0.524. The molecule has 156 valence electrons. The van der Waals surface area contributed by atoms with Gasteiger partial charge >= 0.3 is 0 Å². The average molecular weight is 417 g/mol. The highest BCUT2D eigenvalue weighted by Gasteiger charge is 2.30. The number of furan rings is 1. The molecule has 0 spiro atoms. The number of hydrogen-bond acceptors (Lipinski definition) is 5. The fourth-order valence-electron chi connectivity index (χ4n) is 4.15. The second kappa shape index (κ2) is 7.57. The molecule has 1 saturated carbocycles. The Bertz CT molecular complexity index is 1090. The van der Waals surface area contributed by atoms with E-state index < -0.39 is 10.0 Å². The summed E-state index contributed by atoms with van der Waals surface area (Å²) in [6, 6.07) is 3.72. The van der Waals surface area contributed by atoms with Crippen molar-refractivity contribution in [1.29, 1.82) is 0 Å². The van der Waals surface area contributed by atoms with E-state index in [1.807, 2.05) is 12.1 Å². The molecule has 0 radical (unpaired) electrons. The van der Waals surface area contributed by atoms with Crippen LogP contribution in [0, 0.1) is 5.41 Å². The quantitative estimate of drug-likeness (QED) is 0.651. The van der Waals surface area contributed by atoms with Gasteiger partial charge in [0.1, 0.15) is 10.4 Å². The smallest absolute Gasteiger partial charge is 0.244 e. The summed E-state index contributed by atoms with van der Waals surface area (Å²) < 4.78 is 34.4. The molecule has 0 saturated heterocycles. The van der Waals surface area contributed by atoms with Gasteiger partial charge in [0, 0.05) is 24.0 Å². The summed E-state index contributed by atoms with van der Waals surface area (Å²) in [5.74, 6) is 0.345. The molecular formula is C21H28N4O3S. The van der Waals surface area contributed by atoms with E-state index in [9.17, 15) is 8.42 Å². The van der Waals surface area contributed by atoms with Gasteiger partial charge in [-0.15, -0.1) is 0 Å². The molecule has 0 bridgehead atoms. The highest BCUT2D eigenvalue weighted by Crippen LogP contribution is 2.37. The van der Waals surface area contributed by atoms with Gasteiger partial charge in [-0.05, 0) is 55.6 Å². The third-order valence-electron chi connectivity index (χ3n) is 5.51. The van der Waals surface area contributed by atoms with Crippen LogP contribution in [0.25, 0.3) is 11.1 Å². The Balaban J connectivity index is 1.43. The Labute approximate surface area is 171 Å². The van der Waals surface area contributed by atoms with E-state index in [0.29, 0.717) is 18.0 Å². The van der Waals surface area contributed by atoms with Crippen LogP contribution < -0.4 is 4.72 Å². The van der Waals surface area contributed by atoms with Gasteiger partial charge in [-0.3, -0.25) is 10.1 Å². The molecule has 2 N–H and O–H groups in total. The minimum atomic E-state index is -3.60. The van der Waals surface area contributed by atoms with Crippen molar-refractivity contribution in [2.45, 2.75) is 69.7 Å². The molecule has 0 atom stereocenters. The molecule has 29 heavy (non-hydrogen) atoms. The van der Waals surface area contributed by atoms with Crippen molar-refractivity contribution in [3.8, 4) is 0 Å². The topological polar surface area (TPSA) is 101 Å². The zero-order valence-electron chi connectivity index (χ0n) is 17.1. The van der Waals surface area contributed by atoms with Gasteiger partial charge in [-0.1, -0.05) is 20.8 Å². The number of aromatic amines is 1. The van der Waals surface area contributed by atoms with E-state index in [4.69, 9.17) is 4.42 Å². The Morgan fingerprint density at radius 2 is 2.00 bits per heavy atom. The lowest BCUT2D eigenvalue weighted by molar-refractivity contribution is 0.372. The molecule has 0 aromatic carbocycles. The molecule has 7 nitrogen and oxygen atoms in total. The largest absolute Gasteiger partial charge is 0.462 e. The number of sulfonamides is 1. The predicted octanol–water partition coefficient (Wildman–Crippen LogP) is 4.14. The monoisotopic (exact) mass is 416 g/mol. The van der Waals surface area contributed by atoms with Crippen molar-refractivity contribution in [2.24, 2.45) is 5.41 Å². The van der Waals surface area contributed by atoms with Crippen LogP contribution >= 0.6 is 0 Å². The van der Waals surface area contributed by atoms with Crippen LogP contribution in [0.15, 0.2) is 40.1 Å². The third-order valence-corrected chi connectivity index (χ3v) is 7.09. The molecule has 1 fully saturated rings. The molecule has 3 aromatic heterocycles. The first-order chi connectivity index (χ1) is 13.7. The van der Waals surface area contributed by atoms with Gasteiger partial charge in [0.2, 0.25) is 10.0 Å². The number of nitrogens with zero attached hydrogens (tertiary/aromatic N) is 2. The van der Waals surface area contributed by atoms with Crippen LogP contribution in [0.2, 0.25) is 0 Å². The van der Waals surface area contributed by atoms with E-state index >= 15 is 0 Å². The molecule has 0 unspecified atom stereocenters. The van der Waals surface area contributed by atoms with Gasteiger partial charge in [0.15, 0.2) is 5.58 Å². The van der Waals surface area contributed by atoms with Crippen molar-refractivity contribution in [3.05, 3.63) is 42.0 Å². The number of hydrogen-bond donors (Lipinski definition) is 2. The minimum Gasteiger partial charge on any atom is -0.462 e. The first kappa shape index (κ1) is 20.1. The van der Waals surface area contributed by atoms with E-state index in [0.717, 1.165) is 42.3 Å². The first-order valence-electron chi connectivity index (χ1n) is 10.1. The minimum absolute atomic E-state index is 0.0427. The first-order valence-corrected chi connectivity index (χ1v) is 11.6. The van der Waals surface area contributed by atoms with Crippen LogP contribution in [-0.4, -0.2) is 29.6 Å². The van der Waals surface area contributed by atoms with Crippen LogP contribution in [0.3, 0.4) is 0 Å². The summed E-state index contributed by atoms with van der Waals surface area (Å²) in [7, 11) is -3.60. The van der Waals surface area contributed by atoms with Gasteiger partial charge < -0.3 is 4.42 Å². The summed E-state index contributed by atoms with van der Waals surface area (Å²) in [6.45, 7) is 6.21. The number of pyridine rings is 1. The van der Waals surface area contributed by atoms with Crippen LogP contribution in [-0.2, 0) is 16.4 Å².